The topological polar surface area (TPSA) is 73.6 Å². The van der Waals surface area contributed by atoms with Crippen molar-refractivity contribution in [3.63, 3.8) is 0 Å². The van der Waals surface area contributed by atoms with Gasteiger partial charge in [0.05, 0.1) is 5.69 Å². The highest BCUT2D eigenvalue weighted by Crippen LogP contribution is 2.09. The SMILES string of the molecule is CCc1ccc(C(=O)NCCc2c(C)n[nH]c2C)[nH]1. The van der Waals surface area contributed by atoms with E-state index in [1.54, 1.807) is 0 Å². The molecule has 2 rings (SSSR count). The Labute approximate surface area is 112 Å². The number of amides is 1. The number of hydrogen-bond donors (Lipinski definition) is 3. The molecule has 0 saturated carbocycles. The number of aryl methyl sites for hydroxylation is 3. The van der Waals surface area contributed by atoms with E-state index in [0.29, 0.717) is 12.2 Å². The number of aromatic amines is 2. The van der Waals surface area contributed by atoms with Gasteiger partial charge in [-0.15, -0.1) is 0 Å². The van der Waals surface area contributed by atoms with E-state index in [2.05, 4.69) is 27.4 Å². The molecule has 0 unspecified atom stereocenters. The Morgan fingerprint density at radius 2 is 2.16 bits per heavy atom. The first-order valence-electron chi connectivity index (χ1n) is 6.58. The fourth-order valence-electron chi connectivity index (χ4n) is 2.12. The molecule has 0 aromatic carbocycles. The van der Waals surface area contributed by atoms with Gasteiger partial charge in [-0.2, -0.15) is 5.10 Å². The van der Waals surface area contributed by atoms with Crippen molar-refractivity contribution in [2.45, 2.75) is 33.6 Å². The summed E-state index contributed by atoms with van der Waals surface area (Å²) in [6, 6.07) is 3.77. The van der Waals surface area contributed by atoms with Crippen LogP contribution in [0.5, 0.6) is 0 Å². The summed E-state index contributed by atoms with van der Waals surface area (Å²) >= 11 is 0. The number of hydrogen-bond acceptors (Lipinski definition) is 2. The van der Waals surface area contributed by atoms with Gasteiger partial charge in [0.15, 0.2) is 0 Å². The van der Waals surface area contributed by atoms with Gasteiger partial charge in [0.25, 0.3) is 5.91 Å². The Morgan fingerprint density at radius 3 is 2.74 bits per heavy atom. The van der Waals surface area contributed by atoms with Crippen LogP contribution in [0.3, 0.4) is 0 Å². The highest BCUT2D eigenvalue weighted by molar-refractivity contribution is 5.92. The average Bonchev–Trinajstić information content (AvgIpc) is 2.99. The minimum Gasteiger partial charge on any atom is -0.354 e. The van der Waals surface area contributed by atoms with E-state index in [-0.39, 0.29) is 5.91 Å². The van der Waals surface area contributed by atoms with Crippen molar-refractivity contribution in [3.8, 4) is 0 Å². The number of aromatic nitrogens is 3. The van der Waals surface area contributed by atoms with Crippen LogP contribution >= 0.6 is 0 Å². The van der Waals surface area contributed by atoms with Gasteiger partial charge >= 0.3 is 0 Å². The minimum absolute atomic E-state index is 0.0569. The molecule has 0 aliphatic heterocycles. The Balaban J connectivity index is 1.87. The predicted molar refractivity (Wildman–Crippen MR) is 74.3 cm³/mol. The van der Waals surface area contributed by atoms with Gasteiger partial charge < -0.3 is 10.3 Å². The summed E-state index contributed by atoms with van der Waals surface area (Å²) in [7, 11) is 0. The molecule has 0 radical (unpaired) electrons. The van der Waals surface area contributed by atoms with Crippen LogP contribution < -0.4 is 5.32 Å². The molecule has 2 aromatic heterocycles. The van der Waals surface area contributed by atoms with Crippen molar-refractivity contribution in [2.75, 3.05) is 6.54 Å². The van der Waals surface area contributed by atoms with Crippen molar-refractivity contribution in [2.24, 2.45) is 0 Å². The molecule has 0 atom stereocenters. The first kappa shape index (κ1) is 13.4. The molecular weight excluding hydrogens is 240 g/mol. The third-order valence-corrected chi connectivity index (χ3v) is 3.31. The van der Waals surface area contributed by atoms with E-state index in [0.717, 1.165) is 29.9 Å². The molecule has 2 heterocycles. The molecular formula is C14H20N4O. The Bertz CT molecular complexity index is 548. The van der Waals surface area contributed by atoms with E-state index in [4.69, 9.17) is 0 Å². The first-order valence-corrected chi connectivity index (χ1v) is 6.58. The van der Waals surface area contributed by atoms with Gasteiger partial charge in [0.1, 0.15) is 5.69 Å². The summed E-state index contributed by atoms with van der Waals surface area (Å²) in [6.45, 7) is 6.63. The molecule has 19 heavy (non-hydrogen) atoms. The van der Waals surface area contributed by atoms with Gasteiger partial charge in [0, 0.05) is 17.9 Å². The maximum absolute atomic E-state index is 11.9. The minimum atomic E-state index is -0.0569. The standard InChI is InChI=1S/C14H20N4O/c1-4-11-5-6-13(16-11)14(19)15-8-7-12-9(2)17-18-10(12)3/h5-6,16H,4,7-8H2,1-3H3,(H,15,19)(H,17,18). The average molecular weight is 260 g/mol. The smallest absolute Gasteiger partial charge is 0.267 e. The number of carbonyl (C=O) groups is 1. The normalized spacial score (nSPS) is 10.7. The maximum atomic E-state index is 11.9. The molecule has 102 valence electrons. The summed E-state index contributed by atoms with van der Waals surface area (Å²) in [5, 5.41) is 10.0. The van der Waals surface area contributed by atoms with Crippen molar-refractivity contribution in [1.82, 2.24) is 20.5 Å². The molecule has 0 spiro atoms. The molecule has 0 fully saturated rings. The molecule has 1 amide bonds. The Kier molecular flexibility index (Phi) is 4.04. The lowest BCUT2D eigenvalue weighted by Gasteiger charge is -2.04. The maximum Gasteiger partial charge on any atom is 0.267 e. The first-order chi connectivity index (χ1) is 9.11. The second-order valence-corrected chi connectivity index (χ2v) is 4.67. The van der Waals surface area contributed by atoms with Crippen LogP contribution in [0.25, 0.3) is 0 Å². The van der Waals surface area contributed by atoms with Crippen LogP contribution in [-0.2, 0) is 12.8 Å². The zero-order valence-corrected chi connectivity index (χ0v) is 11.6. The van der Waals surface area contributed by atoms with Gasteiger partial charge in [0.2, 0.25) is 0 Å². The van der Waals surface area contributed by atoms with Crippen LogP contribution in [0.4, 0.5) is 0 Å². The highest BCUT2D eigenvalue weighted by atomic mass is 16.1. The van der Waals surface area contributed by atoms with Crippen molar-refractivity contribution >= 4 is 5.91 Å². The quantitative estimate of drug-likeness (QED) is 0.768. The van der Waals surface area contributed by atoms with E-state index < -0.39 is 0 Å². The number of carbonyl (C=O) groups excluding carboxylic acids is 1. The van der Waals surface area contributed by atoms with Crippen molar-refractivity contribution < 1.29 is 4.79 Å². The largest absolute Gasteiger partial charge is 0.354 e. The molecule has 3 N–H and O–H groups in total. The predicted octanol–water partition coefficient (Wildman–Crippen LogP) is 1.89. The van der Waals surface area contributed by atoms with E-state index >= 15 is 0 Å². The lowest BCUT2D eigenvalue weighted by Crippen LogP contribution is -2.26. The van der Waals surface area contributed by atoms with E-state index in [1.165, 1.54) is 5.56 Å². The number of nitrogens with one attached hydrogen (secondary N) is 3. The molecule has 0 aliphatic carbocycles. The second kappa shape index (κ2) is 5.73. The molecule has 0 bridgehead atoms. The van der Waals surface area contributed by atoms with Gasteiger partial charge in [-0.3, -0.25) is 9.89 Å². The summed E-state index contributed by atoms with van der Waals surface area (Å²) in [5.41, 5.74) is 4.95. The lowest BCUT2D eigenvalue weighted by molar-refractivity contribution is 0.0949. The fourth-order valence-corrected chi connectivity index (χ4v) is 2.12. The van der Waals surface area contributed by atoms with Crippen LogP contribution in [0.1, 0.15) is 40.1 Å². The molecule has 5 heteroatoms. The zero-order valence-electron chi connectivity index (χ0n) is 11.6. The monoisotopic (exact) mass is 260 g/mol. The van der Waals surface area contributed by atoms with Crippen molar-refractivity contribution in [3.05, 3.63) is 40.5 Å². The Morgan fingerprint density at radius 1 is 1.37 bits per heavy atom. The summed E-state index contributed by atoms with van der Waals surface area (Å²) in [5.74, 6) is -0.0569. The summed E-state index contributed by atoms with van der Waals surface area (Å²) in [6.07, 6.45) is 1.70. The molecule has 2 aromatic rings. The Hall–Kier alpha value is -2.04. The number of H-pyrrole nitrogens is 2. The van der Waals surface area contributed by atoms with Crippen LogP contribution in [0.15, 0.2) is 12.1 Å². The summed E-state index contributed by atoms with van der Waals surface area (Å²) < 4.78 is 0. The molecule has 0 saturated heterocycles. The lowest BCUT2D eigenvalue weighted by atomic mass is 10.1. The molecule has 5 nitrogen and oxygen atoms in total. The van der Waals surface area contributed by atoms with Gasteiger partial charge in [-0.1, -0.05) is 6.92 Å². The number of nitrogens with zero attached hydrogens (tertiary/aromatic N) is 1. The summed E-state index contributed by atoms with van der Waals surface area (Å²) in [4.78, 5) is 15.0. The third-order valence-electron chi connectivity index (χ3n) is 3.31. The van der Waals surface area contributed by atoms with E-state index in [9.17, 15) is 4.79 Å². The van der Waals surface area contributed by atoms with Crippen LogP contribution in [0.2, 0.25) is 0 Å². The third kappa shape index (κ3) is 3.05. The van der Waals surface area contributed by atoms with Crippen LogP contribution in [-0.4, -0.2) is 27.6 Å². The zero-order chi connectivity index (χ0) is 13.8. The number of rotatable bonds is 5. The van der Waals surface area contributed by atoms with Crippen LogP contribution in [0, 0.1) is 13.8 Å². The van der Waals surface area contributed by atoms with E-state index in [1.807, 2.05) is 26.0 Å². The van der Waals surface area contributed by atoms with Gasteiger partial charge in [-0.25, -0.2) is 0 Å². The van der Waals surface area contributed by atoms with Crippen molar-refractivity contribution in [1.29, 1.82) is 0 Å². The van der Waals surface area contributed by atoms with Gasteiger partial charge in [-0.05, 0) is 44.4 Å². The molecule has 0 aliphatic rings. The second-order valence-electron chi connectivity index (χ2n) is 4.67. The highest BCUT2D eigenvalue weighted by Gasteiger charge is 2.09. The fraction of sp³-hybridized carbons (Fsp3) is 0.429.